The summed E-state index contributed by atoms with van der Waals surface area (Å²) in [6.45, 7) is 9.08. The van der Waals surface area contributed by atoms with E-state index in [1.165, 1.54) is 44.3 Å². The second-order valence-electron chi connectivity index (χ2n) is 6.94. The number of aliphatic hydroxyl groups is 1. The van der Waals surface area contributed by atoms with Crippen LogP contribution in [-0.4, -0.2) is 48.3 Å². The Morgan fingerprint density at radius 1 is 1.10 bits per heavy atom. The van der Waals surface area contributed by atoms with Crippen LogP contribution in [0.1, 0.15) is 52.4 Å². The molecule has 0 spiro atoms. The highest BCUT2D eigenvalue weighted by Crippen LogP contribution is 2.24. The molecule has 20 heavy (non-hydrogen) atoms. The number of piperidine rings is 1. The Kier molecular flexibility index (Phi) is 6.53. The van der Waals surface area contributed by atoms with Crippen molar-refractivity contribution in [2.24, 2.45) is 5.92 Å². The molecule has 1 heterocycles. The van der Waals surface area contributed by atoms with E-state index in [2.05, 4.69) is 30.1 Å². The minimum atomic E-state index is -0.0236. The molecule has 0 aromatic carbocycles. The zero-order valence-electron chi connectivity index (χ0n) is 13.3. The van der Waals surface area contributed by atoms with E-state index in [1.54, 1.807) is 0 Å². The fourth-order valence-electron chi connectivity index (χ4n) is 3.31. The topological polar surface area (TPSA) is 35.5 Å². The Hall–Kier alpha value is -0.380. The Morgan fingerprint density at radius 3 is 2.35 bits per heavy atom. The highest BCUT2D eigenvalue weighted by Gasteiger charge is 2.22. The zero-order valence-corrected chi connectivity index (χ0v) is 13.3. The molecule has 1 aliphatic heterocycles. The van der Waals surface area contributed by atoms with Crippen molar-refractivity contribution in [3.63, 3.8) is 0 Å². The smallest absolute Gasteiger partial charge is 0.0540 e. The number of rotatable bonds is 5. The van der Waals surface area contributed by atoms with Crippen LogP contribution in [-0.2, 0) is 0 Å². The van der Waals surface area contributed by atoms with Gasteiger partial charge in [-0.3, -0.25) is 4.90 Å². The summed E-state index contributed by atoms with van der Waals surface area (Å²) in [5.41, 5.74) is 1.42. The highest BCUT2D eigenvalue weighted by atomic mass is 16.3. The molecule has 2 N–H and O–H groups in total. The summed E-state index contributed by atoms with van der Waals surface area (Å²) in [5.74, 6) is 0.794. The van der Waals surface area contributed by atoms with Gasteiger partial charge < -0.3 is 10.4 Å². The molecule has 3 nitrogen and oxygen atoms in total. The first-order valence-electron chi connectivity index (χ1n) is 8.40. The maximum atomic E-state index is 9.53. The van der Waals surface area contributed by atoms with Gasteiger partial charge in [-0.05, 0) is 77.9 Å². The molecule has 0 bridgehead atoms. The molecule has 2 aliphatic rings. The summed E-state index contributed by atoms with van der Waals surface area (Å²) in [7, 11) is 0. The van der Waals surface area contributed by atoms with Crippen LogP contribution in [0.25, 0.3) is 0 Å². The van der Waals surface area contributed by atoms with E-state index in [0.717, 1.165) is 31.8 Å². The second kappa shape index (κ2) is 8.16. The number of likely N-dealkylation sites (tertiary alicyclic amines) is 1. The second-order valence-corrected chi connectivity index (χ2v) is 6.94. The SMILES string of the molecule is CC(C)=CCN1CCC(NCC2CCC(O)CC2)CC1. The fraction of sp³-hybridized carbons (Fsp3) is 0.882. The number of nitrogens with zero attached hydrogens (tertiary/aromatic N) is 1. The lowest BCUT2D eigenvalue weighted by molar-refractivity contribution is 0.106. The van der Waals surface area contributed by atoms with Crippen LogP contribution in [0.5, 0.6) is 0 Å². The quantitative estimate of drug-likeness (QED) is 0.760. The van der Waals surface area contributed by atoms with Crippen molar-refractivity contribution in [3.8, 4) is 0 Å². The van der Waals surface area contributed by atoms with Gasteiger partial charge in [-0.1, -0.05) is 11.6 Å². The van der Waals surface area contributed by atoms with Gasteiger partial charge in [0.25, 0.3) is 0 Å². The van der Waals surface area contributed by atoms with Crippen LogP contribution in [0.2, 0.25) is 0 Å². The number of nitrogens with one attached hydrogen (secondary N) is 1. The van der Waals surface area contributed by atoms with Gasteiger partial charge in [0.05, 0.1) is 6.10 Å². The van der Waals surface area contributed by atoms with E-state index in [0.29, 0.717) is 6.04 Å². The first-order chi connectivity index (χ1) is 9.63. The summed E-state index contributed by atoms with van der Waals surface area (Å²) in [4.78, 5) is 2.56. The summed E-state index contributed by atoms with van der Waals surface area (Å²) in [6, 6.07) is 0.713. The molecule has 0 radical (unpaired) electrons. The van der Waals surface area contributed by atoms with E-state index in [1.807, 2.05) is 0 Å². The van der Waals surface area contributed by atoms with Gasteiger partial charge in [0.1, 0.15) is 0 Å². The van der Waals surface area contributed by atoms with Gasteiger partial charge in [-0.2, -0.15) is 0 Å². The fourth-order valence-corrected chi connectivity index (χ4v) is 3.31. The van der Waals surface area contributed by atoms with Crippen LogP contribution < -0.4 is 5.32 Å². The number of hydrogen-bond acceptors (Lipinski definition) is 3. The minimum absolute atomic E-state index is 0.0236. The highest BCUT2D eigenvalue weighted by molar-refractivity contribution is 4.95. The molecule has 116 valence electrons. The van der Waals surface area contributed by atoms with E-state index in [-0.39, 0.29) is 6.10 Å². The molecule has 0 atom stereocenters. The molecule has 2 fully saturated rings. The predicted molar refractivity (Wildman–Crippen MR) is 84.9 cm³/mol. The van der Waals surface area contributed by atoms with Crippen molar-refractivity contribution in [1.29, 1.82) is 0 Å². The van der Waals surface area contributed by atoms with Crippen LogP contribution in [0.3, 0.4) is 0 Å². The standard InChI is InChI=1S/C17H32N2O/c1-14(2)7-10-19-11-8-16(9-12-19)18-13-15-3-5-17(20)6-4-15/h7,15-18,20H,3-6,8-13H2,1-2H3. The van der Waals surface area contributed by atoms with Crippen molar-refractivity contribution < 1.29 is 5.11 Å². The Labute approximate surface area is 124 Å². The molecular formula is C17H32N2O. The first kappa shape index (κ1) is 16.0. The maximum absolute atomic E-state index is 9.53. The van der Waals surface area contributed by atoms with Crippen LogP contribution in [0.15, 0.2) is 11.6 Å². The van der Waals surface area contributed by atoms with E-state index >= 15 is 0 Å². The third-order valence-electron chi connectivity index (χ3n) is 4.86. The van der Waals surface area contributed by atoms with Gasteiger partial charge in [-0.15, -0.1) is 0 Å². The lowest BCUT2D eigenvalue weighted by Gasteiger charge is -2.33. The number of aliphatic hydroxyl groups excluding tert-OH is 1. The molecule has 0 aromatic heterocycles. The largest absolute Gasteiger partial charge is 0.393 e. The minimum Gasteiger partial charge on any atom is -0.393 e. The lowest BCUT2D eigenvalue weighted by atomic mass is 9.87. The molecule has 0 amide bonds. The van der Waals surface area contributed by atoms with Gasteiger partial charge in [0.15, 0.2) is 0 Å². The van der Waals surface area contributed by atoms with Crippen molar-refractivity contribution >= 4 is 0 Å². The summed E-state index contributed by atoms with van der Waals surface area (Å²) in [5, 5.41) is 13.3. The van der Waals surface area contributed by atoms with Gasteiger partial charge in [0.2, 0.25) is 0 Å². The monoisotopic (exact) mass is 280 g/mol. The molecular weight excluding hydrogens is 248 g/mol. The third-order valence-corrected chi connectivity index (χ3v) is 4.86. The normalized spacial score (nSPS) is 29.4. The molecule has 1 saturated heterocycles. The molecule has 3 heteroatoms. The molecule has 1 aliphatic carbocycles. The van der Waals surface area contributed by atoms with Crippen LogP contribution >= 0.6 is 0 Å². The summed E-state index contributed by atoms with van der Waals surface area (Å²) < 4.78 is 0. The molecule has 0 unspecified atom stereocenters. The van der Waals surface area contributed by atoms with E-state index in [4.69, 9.17) is 0 Å². The average Bonchev–Trinajstić information content (AvgIpc) is 2.45. The predicted octanol–water partition coefficient (Wildman–Crippen LogP) is 2.56. The van der Waals surface area contributed by atoms with Crippen molar-refractivity contribution in [3.05, 3.63) is 11.6 Å². The van der Waals surface area contributed by atoms with Crippen molar-refractivity contribution in [1.82, 2.24) is 10.2 Å². The number of allylic oxidation sites excluding steroid dienone is 1. The van der Waals surface area contributed by atoms with Crippen molar-refractivity contribution in [2.45, 2.75) is 64.5 Å². The van der Waals surface area contributed by atoms with Crippen LogP contribution in [0, 0.1) is 5.92 Å². The summed E-state index contributed by atoms with van der Waals surface area (Å²) in [6.07, 6.45) is 9.30. The first-order valence-corrected chi connectivity index (χ1v) is 8.40. The van der Waals surface area contributed by atoms with Crippen molar-refractivity contribution in [2.75, 3.05) is 26.2 Å². The maximum Gasteiger partial charge on any atom is 0.0540 e. The summed E-state index contributed by atoms with van der Waals surface area (Å²) >= 11 is 0. The van der Waals surface area contributed by atoms with Gasteiger partial charge in [-0.25, -0.2) is 0 Å². The van der Waals surface area contributed by atoms with E-state index < -0.39 is 0 Å². The van der Waals surface area contributed by atoms with Gasteiger partial charge >= 0.3 is 0 Å². The van der Waals surface area contributed by atoms with Gasteiger partial charge in [0, 0.05) is 12.6 Å². The molecule has 2 rings (SSSR count). The molecule has 0 aromatic rings. The molecule has 1 saturated carbocycles. The lowest BCUT2D eigenvalue weighted by Crippen LogP contribution is -2.44. The average molecular weight is 280 g/mol. The number of hydrogen-bond donors (Lipinski definition) is 2. The Balaban J connectivity index is 1.59. The van der Waals surface area contributed by atoms with E-state index in [9.17, 15) is 5.11 Å². The zero-order chi connectivity index (χ0) is 14.4. The Bertz CT molecular complexity index is 296. The third kappa shape index (κ3) is 5.55. The van der Waals surface area contributed by atoms with Crippen LogP contribution in [0.4, 0.5) is 0 Å². The Morgan fingerprint density at radius 2 is 1.75 bits per heavy atom.